The van der Waals surface area contributed by atoms with Crippen LogP contribution in [0.5, 0.6) is 5.88 Å². The lowest BCUT2D eigenvalue weighted by Crippen LogP contribution is -2.15. The van der Waals surface area contributed by atoms with Crippen molar-refractivity contribution >= 4 is 39.2 Å². The number of nitrogens with zero attached hydrogens (tertiary/aromatic N) is 1. The summed E-state index contributed by atoms with van der Waals surface area (Å²) in [6, 6.07) is 6.47. The Bertz CT molecular complexity index is 910. The largest absolute Gasteiger partial charge is 0.480 e. The van der Waals surface area contributed by atoms with E-state index in [1.165, 1.54) is 37.6 Å². The number of anilines is 1. The Morgan fingerprint density at radius 2 is 2.04 bits per heavy atom. The van der Waals surface area contributed by atoms with Gasteiger partial charge < -0.3 is 9.84 Å². The van der Waals surface area contributed by atoms with Crippen molar-refractivity contribution in [3.63, 3.8) is 0 Å². The van der Waals surface area contributed by atoms with Crippen molar-refractivity contribution in [3.8, 4) is 5.88 Å². The summed E-state index contributed by atoms with van der Waals surface area (Å²) in [7, 11) is -2.68. The van der Waals surface area contributed by atoms with Crippen LogP contribution < -0.4 is 9.46 Å². The Kier molecular flexibility index (Phi) is 5.15. The van der Waals surface area contributed by atoms with E-state index in [-0.39, 0.29) is 22.0 Å². The third kappa shape index (κ3) is 3.87. The number of pyridine rings is 1. The van der Waals surface area contributed by atoms with Crippen LogP contribution in [0.3, 0.4) is 0 Å². The molecule has 0 spiro atoms. The van der Waals surface area contributed by atoms with Crippen molar-refractivity contribution in [2.75, 3.05) is 11.8 Å². The first-order valence-electron chi connectivity index (χ1n) is 6.53. The average Bonchev–Trinajstić information content (AvgIpc) is 2.54. The summed E-state index contributed by atoms with van der Waals surface area (Å²) in [6.45, 7) is 3.65. The van der Waals surface area contributed by atoms with Crippen LogP contribution in [-0.4, -0.2) is 31.6 Å². The summed E-state index contributed by atoms with van der Waals surface area (Å²) in [5, 5.41) is 8.98. The SMILES string of the molecule is C=C(S)c1cnc(OC)c(NS(=O)(=O)c2cccc(C(=O)O)c2)c1. The van der Waals surface area contributed by atoms with E-state index in [2.05, 4.69) is 28.9 Å². The van der Waals surface area contributed by atoms with Gasteiger partial charge in [0.05, 0.1) is 17.6 Å². The highest BCUT2D eigenvalue weighted by Crippen LogP contribution is 2.28. The maximum absolute atomic E-state index is 12.5. The van der Waals surface area contributed by atoms with E-state index >= 15 is 0 Å². The molecule has 0 radical (unpaired) electrons. The molecule has 0 bridgehead atoms. The van der Waals surface area contributed by atoms with Crippen LogP contribution in [0, 0.1) is 0 Å². The van der Waals surface area contributed by atoms with Crippen molar-refractivity contribution < 1.29 is 23.1 Å². The highest BCUT2D eigenvalue weighted by molar-refractivity contribution is 7.92. The lowest BCUT2D eigenvalue weighted by Gasteiger charge is -2.12. The van der Waals surface area contributed by atoms with E-state index in [0.29, 0.717) is 10.5 Å². The van der Waals surface area contributed by atoms with Gasteiger partial charge in [-0.25, -0.2) is 18.2 Å². The van der Waals surface area contributed by atoms with Crippen LogP contribution in [0.15, 0.2) is 48.0 Å². The monoisotopic (exact) mass is 366 g/mol. The third-order valence-corrected chi connectivity index (χ3v) is 4.63. The number of hydrogen-bond donors (Lipinski definition) is 3. The number of rotatable bonds is 6. The Hall–Kier alpha value is -2.52. The number of aromatic nitrogens is 1. The van der Waals surface area contributed by atoms with E-state index in [1.54, 1.807) is 0 Å². The van der Waals surface area contributed by atoms with Gasteiger partial charge in [0.15, 0.2) is 0 Å². The Labute approximate surface area is 144 Å². The molecule has 0 fully saturated rings. The molecule has 7 nitrogen and oxygen atoms in total. The Morgan fingerprint density at radius 1 is 1.33 bits per heavy atom. The molecule has 0 aliphatic rings. The van der Waals surface area contributed by atoms with Crippen molar-refractivity contribution in [1.82, 2.24) is 4.98 Å². The van der Waals surface area contributed by atoms with Crippen LogP contribution >= 0.6 is 12.6 Å². The molecule has 1 aromatic heterocycles. The maximum atomic E-state index is 12.5. The summed E-state index contributed by atoms with van der Waals surface area (Å²) in [5.41, 5.74) is 0.461. The minimum Gasteiger partial charge on any atom is -0.480 e. The lowest BCUT2D eigenvalue weighted by molar-refractivity contribution is 0.0696. The molecule has 0 atom stereocenters. The van der Waals surface area contributed by atoms with Crippen molar-refractivity contribution in [2.45, 2.75) is 4.90 Å². The summed E-state index contributed by atoms with van der Waals surface area (Å²) in [6.07, 6.45) is 1.44. The molecule has 0 unspecified atom stereocenters. The van der Waals surface area contributed by atoms with Crippen LogP contribution in [0.1, 0.15) is 15.9 Å². The molecule has 0 aliphatic carbocycles. The molecule has 9 heteroatoms. The minimum atomic E-state index is -4.03. The average molecular weight is 366 g/mol. The number of benzene rings is 1. The second kappa shape index (κ2) is 6.93. The molecule has 0 amide bonds. The first kappa shape index (κ1) is 17.8. The number of methoxy groups -OCH3 is 1. The number of sulfonamides is 1. The van der Waals surface area contributed by atoms with Gasteiger partial charge in [-0.2, -0.15) is 0 Å². The minimum absolute atomic E-state index is 0.0614. The molecular formula is C15H14N2O5S2. The second-order valence-corrected chi connectivity index (χ2v) is 6.89. The number of aromatic carboxylic acids is 1. The fourth-order valence-electron chi connectivity index (χ4n) is 1.85. The van der Waals surface area contributed by atoms with Crippen LogP contribution in [-0.2, 0) is 10.0 Å². The zero-order chi connectivity index (χ0) is 17.9. The van der Waals surface area contributed by atoms with Crippen LogP contribution in [0.25, 0.3) is 4.91 Å². The lowest BCUT2D eigenvalue weighted by atomic mass is 10.2. The second-order valence-electron chi connectivity index (χ2n) is 4.67. The van der Waals surface area contributed by atoms with E-state index in [9.17, 15) is 13.2 Å². The normalized spacial score (nSPS) is 10.9. The first-order valence-corrected chi connectivity index (χ1v) is 8.46. The quantitative estimate of drug-likeness (QED) is 0.678. The highest BCUT2D eigenvalue weighted by atomic mass is 32.2. The van der Waals surface area contributed by atoms with Gasteiger partial charge in [0.2, 0.25) is 5.88 Å². The van der Waals surface area contributed by atoms with E-state index in [4.69, 9.17) is 9.84 Å². The summed E-state index contributed by atoms with van der Waals surface area (Å²) in [5.74, 6) is -1.16. The van der Waals surface area contributed by atoms with Gasteiger partial charge in [-0.15, -0.1) is 12.6 Å². The Morgan fingerprint density at radius 3 is 2.62 bits per heavy atom. The molecule has 2 aromatic rings. The number of ether oxygens (including phenoxy) is 1. The molecular weight excluding hydrogens is 352 g/mol. The zero-order valence-corrected chi connectivity index (χ0v) is 14.3. The molecule has 1 aromatic carbocycles. The molecule has 0 saturated heterocycles. The van der Waals surface area contributed by atoms with Crippen molar-refractivity contribution in [3.05, 3.63) is 54.2 Å². The van der Waals surface area contributed by atoms with Gasteiger partial charge in [-0.05, 0) is 24.3 Å². The van der Waals surface area contributed by atoms with Crippen LogP contribution in [0.2, 0.25) is 0 Å². The third-order valence-electron chi connectivity index (χ3n) is 3.01. The number of carbonyl (C=O) groups is 1. The smallest absolute Gasteiger partial charge is 0.335 e. The summed E-state index contributed by atoms with van der Waals surface area (Å²) >= 11 is 4.10. The number of carboxylic acid groups (broad SMARTS) is 1. The van der Waals surface area contributed by atoms with Crippen molar-refractivity contribution in [2.24, 2.45) is 0 Å². The summed E-state index contributed by atoms with van der Waals surface area (Å²) in [4.78, 5) is 15.2. The number of carboxylic acids is 1. The van der Waals surface area contributed by atoms with Crippen molar-refractivity contribution in [1.29, 1.82) is 0 Å². The van der Waals surface area contributed by atoms with Gasteiger partial charge in [-0.3, -0.25) is 4.72 Å². The van der Waals surface area contributed by atoms with Gasteiger partial charge in [0.1, 0.15) is 5.69 Å². The van der Waals surface area contributed by atoms with Gasteiger partial charge >= 0.3 is 5.97 Å². The Balaban J connectivity index is 2.46. The highest BCUT2D eigenvalue weighted by Gasteiger charge is 2.19. The van der Waals surface area contributed by atoms with E-state index < -0.39 is 16.0 Å². The van der Waals surface area contributed by atoms with Gasteiger partial charge in [0.25, 0.3) is 10.0 Å². The fraction of sp³-hybridized carbons (Fsp3) is 0.0667. The zero-order valence-electron chi connectivity index (χ0n) is 12.6. The number of hydrogen-bond acceptors (Lipinski definition) is 6. The maximum Gasteiger partial charge on any atom is 0.335 e. The molecule has 0 aliphatic heterocycles. The molecule has 1 heterocycles. The predicted molar refractivity (Wildman–Crippen MR) is 93.0 cm³/mol. The molecule has 2 N–H and O–H groups in total. The van der Waals surface area contributed by atoms with Crippen LogP contribution in [0.4, 0.5) is 5.69 Å². The molecule has 24 heavy (non-hydrogen) atoms. The van der Waals surface area contributed by atoms with Gasteiger partial charge in [-0.1, -0.05) is 12.6 Å². The van der Waals surface area contributed by atoms with E-state index in [1.807, 2.05) is 0 Å². The predicted octanol–water partition coefficient (Wildman–Crippen LogP) is 2.49. The fourth-order valence-corrected chi connectivity index (χ4v) is 3.06. The standard InChI is InChI=1S/C15H14N2O5S2/c1-9(23)11-7-13(14(22-2)16-8-11)17-24(20,21)12-5-3-4-10(6-12)15(18)19/h3-8,17,23H,1H2,2H3,(H,18,19). The molecule has 126 valence electrons. The first-order chi connectivity index (χ1) is 11.2. The number of nitrogens with one attached hydrogen (secondary N) is 1. The van der Waals surface area contributed by atoms with E-state index in [0.717, 1.165) is 6.07 Å². The topological polar surface area (TPSA) is 106 Å². The van der Waals surface area contributed by atoms with Gasteiger partial charge in [0, 0.05) is 16.7 Å². The molecule has 2 rings (SSSR count). The number of thiol groups is 1. The summed E-state index contributed by atoms with van der Waals surface area (Å²) < 4.78 is 32.4. The molecule has 0 saturated carbocycles.